The highest BCUT2D eigenvalue weighted by Crippen LogP contribution is 2.29. The molecule has 0 unspecified atom stereocenters. The molecule has 25 heavy (non-hydrogen) atoms. The van der Waals surface area contributed by atoms with Crippen LogP contribution in [0.15, 0.2) is 36.4 Å². The molecule has 0 spiro atoms. The lowest BCUT2D eigenvalue weighted by atomic mass is 10.1. The molecule has 2 N–H and O–H groups in total. The first-order valence-electron chi connectivity index (χ1n) is 6.41. The van der Waals surface area contributed by atoms with E-state index in [-0.39, 0.29) is 5.69 Å². The lowest BCUT2D eigenvalue weighted by Gasteiger charge is -2.07. The van der Waals surface area contributed by atoms with Gasteiger partial charge in [0.15, 0.2) is 0 Å². The Morgan fingerprint density at radius 3 is 1.80 bits per heavy atom. The number of amides is 1. The minimum atomic E-state index is -0.976. The number of nitro benzene ring substituents is 3. The Hall–Kier alpha value is -4.09. The zero-order chi connectivity index (χ0) is 18.7. The molecule has 0 fully saturated rings. The van der Waals surface area contributed by atoms with Crippen molar-refractivity contribution >= 4 is 28.7 Å². The molecule has 0 aliphatic rings. The molecule has 0 saturated heterocycles. The van der Waals surface area contributed by atoms with Crippen molar-refractivity contribution in [3.05, 3.63) is 72.3 Å². The Morgan fingerprint density at radius 2 is 1.36 bits per heavy atom. The summed E-state index contributed by atoms with van der Waals surface area (Å²) in [4.78, 5) is 41.8. The molecule has 0 aromatic heterocycles. The number of carbonyl (C=O) groups excluding carboxylic acids is 1. The first-order valence-corrected chi connectivity index (χ1v) is 6.41. The molecule has 0 heterocycles. The van der Waals surface area contributed by atoms with Crippen LogP contribution in [-0.2, 0) is 0 Å². The van der Waals surface area contributed by atoms with Gasteiger partial charge in [-0.25, -0.2) is 0 Å². The van der Waals surface area contributed by atoms with Crippen molar-refractivity contribution in [1.29, 1.82) is 0 Å². The number of benzene rings is 2. The number of phenols is 1. The third-order valence-corrected chi connectivity index (χ3v) is 3.03. The predicted octanol–water partition coefficient (Wildman–Crippen LogP) is 2.37. The summed E-state index contributed by atoms with van der Waals surface area (Å²) in [5, 5.41) is 44.1. The second kappa shape index (κ2) is 6.57. The van der Waals surface area contributed by atoms with Gasteiger partial charge in [-0.1, -0.05) is 0 Å². The van der Waals surface area contributed by atoms with Crippen LogP contribution in [0.4, 0.5) is 22.7 Å². The summed E-state index contributed by atoms with van der Waals surface area (Å²) in [5.41, 5.74) is -2.33. The highest BCUT2D eigenvalue weighted by Gasteiger charge is 2.21. The Balaban J connectivity index is 2.36. The van der Waals surface area contributed by atoms with Crippen molar-refractivity contribution in [2.45, 2.75) is 0 Å². The summed E-state index contributed by atoms with van der Waals surface area (Å²) in [5.74, 6) is -1.58. The smallest absolute Gasteiger partial charge is 0.277 e. The van der Waals surface area contributed by atoms with Crippen molar-refractivity contribution in [3.63, 3.8) is 0 Å². The molecule has 0 aliphatic heterocycles. The number of non-ortho nitro benzene ring substituents is 3. The van der Waals surface area contributed by atoms with E-state index in [4.69, 9.17) is 0 Å². The van der Waals surface area contributed by atoms with Crippen LogP contribution in [0, 0.1) is 30.3 Å². The molecular weight excluding hydrogens is 340 g/mol. The average Bonchev–Trinajstić information content (AvgIpc) is 2.55. The SMILES string of the molecule is O=C(Nc1ccc([N+](=O)[O-])cc1O)c1cc([N+](=O)[O-])cc([N+](=O)[O-])c1. The zero-order valence-electron chi connectivity index (χ0n) is 12.1. The Bertz CT molecular complexity index is 879. The monoisotopic (exact) mass is 348 g/mol. The Morgan fingerprint density at radius 1 is 0.840 bits per heavy atom. The van der Waals surface area contributed by atoms with Crippen LogP contribution in [-0.4, -0.2) is 25.8 Å². The van der Waals surface area contributed by atoms with E-state index in [1.807, 2.05) is 0 Å². The summed E-state index contributed by atoms with van der Waals surface area (Å²) in [6, 6.07) is 5.21. The number of carbonyl (C=O) groups is 1. The van der Waals surface area contributed by atoms with E-state index < -0.39 is 49.1 Å². The van der Waals surface area contributed by atoms with Crippen LogP contribution >= 0.6 is 0 Å². The van der Waals surface area contributed by atoms with Crippen LogP contribution in [0.25, 0.3) is 0 Å². The number of rotatable bonds is 5. The number of anilines is 1. The maximum Gasteiger partial charge on any atom is 0.277 e. The standard InChI is InChI=1S/C13H8N4O8/c18-12-6-8(15(20)21)1-2-11(12)14-13(19)7-3-9(16(22)23)5-10(4-7)17(24)25/h1-6,18H,(H,14,19). The normalized spacial score (nSPS) is 10.1. The quantitative estimate of drug-likeness (QED) is 0.469. The lowest BCUT2D eigenvalue weighted by molar-refractivity contribution is -0.394. The van der Waals surface area contributed by atoms with Gasteiger partial charge in [-0.2, -0.15) is 0 Å². The summed E-state index contributed by atoms with van der Waals surface area (Å²) >= 11 is 0. The van der Waals surface area contributed by atoms with Gasteiger partial charge in [0.25, 0.3) is 23.0 Å². The van der Waals surface area contributed by atoms with Crippen LogP contribution in [0.1, 0.15) is 10.4 Å². The largest absolute Gasteiger partial charge is 0.506 e. The van der Waals surface area contributed by atoms with Crippen LogP contribution in [0.3, 0.4) is 0 Å². The fourth-order valence-corrected chi connectivity index (χ4v) is 1.87. The molecule has 2 aromatic rings. The molecule has 2 rings (SSSR count). The molecule has 128 valence electrons. The zero-order valence-corrected chi connectivity index (χ0v) is 12.1. The van der Waals surface area contributed by atoms with E-state index >= 15 is 0 Å². The maximum absolute atomic E-state index is 12.1. The first-order chi connectivity index (χ1) is 11.7. The Labute approximate surface area is 137 Å². The van der Waals surface area contributed by atoms with Gasteiger partial charge in [-0.3, -0.25) is 35.1 Å². The highest BCUT2D eigenvalue weighted by molar-refractivity contribution is 6.05. The van der Waals surface area contributed by atoms with Gasteiger partial charge in [-0.05, 0) is 6.07 Å². The lowest BCUT2D eigenvalue weighted by Crippen LogP contribution is -2.13. The van der Waals surface area contributed by atoms with Crippen LogP contribution < -0.4 is 5.32 Å². The molecule has 1 amide bonds. The minimum absolute atomic E-state index is 0.204. The third-order valence-electron chi connectivity index (χ3n) is 3.03. The molecule has 2 aromatic carbocycles. The molecule has 12 nitrogen and oxygen atoms in total. The average molecular weight is 348 g/mol. The van der Waals surface area contributed by atoms with Crippen molar-refractivity contribution in [1.82, 2.24) is 0 Å². The van der Waals surface area contributed by atoms with E-state index in [9.17, 15) is 40.2 Å². The second-order valence-corrected chi connectivity index (χ2v) is 4.66. The number of aromatic hydroxyl groups is 1. The van der Waals surface area contributed by atoms with Crippen LogP contribution in [0.2, 0.25) is 0 Å². The van der Waals surface area contributed by atoms with Crippen LogP contribution in [0.5, 0.6) is 5.75 Å². The van der Waals surface area contributed by atoms with Gasteiger partial charge in [0.05, 0.1) is 38.2 Å². The molecular formula is C13H8N4O8. The number of phenolic OH excluding ortho intramolecular Hbond substituents is 1. The van der Waals surface area contributed by atoms with E-state index in [2.05, 4.69) is 5.32 Å². The van der Waals surface area contributed by atoms with Gasteiger partial charge in [0.2, 0.25) is 0 Å². The molecule has 0 saturated carbocycles. The molecule has 12 heteroatoms. The van der Waals surface area contributed by atoms with E-state index in [1.165, 1.54) is 0 Å². The molecule has 0 radical (unpaired) electrons. The summed E-state index contributed by atoms with van der Waals surface area (Å²) in [6.07, 6.45) is 0. The van der Waals surface area contributed by atoms with Crippen molar-refractivity contribution in [2.75, 3.05) is 5.32 Å². The van der Waals surface area contributed by atoms with Crippen molar-refractivity contribution in [3.8, 4) is 5.75 Å². The predicted molar refractivity (Wildman–Crippen MR) is 82.5 cm³/mol. The van der Waals surface area contributed by atoms with E-state index in [1.54, 1.807) is 0 Å². The number of nitrogens with one attached hydrogen (secondary N) is 1. The van der Waals surface area contributed by atoms with Crippen molar-refractivity contribution < 1.29 is 24.7 Å². The maximum atomic E-state index is 12.1. The molecule has 0 aliphatic carbocycles. The first kappa shape index (κ1) is 17.3. The fraction of sp³-hybridized carbons (Fsp3) is 0. The Kier molecular flexibility index (Phi) is 4.54. The molecule has 0 bridgehead atoms. The third kappa shape index (κ3) is 3.82. The minimum Gasteiger partial charge on any atom is -0.506 e. The van der Waals surface area contributed by atoms with E-state index in [0.29, 0.717) is 6.07 Å². The van der Waals surface area contributed by atoms with E-state index in [0.717, 1.165) is 30.3 Å². The van der Waals surface area contributed by atoms with Gasteiger partial charge in [0.1, 0.15) is 5.75 Å². The summed E-state index contributed by atoms with van der Waals surface area (Å²) in [6.45, 7) is 0. The van der Waals surface area contributed by atoms with Gasteiger partial charge >= 0.3 is 0 Å². The number of hydrogen-bond acceptors (Lipinski definition) is 8. The summed E-state index contributed by atoms with van der Waals surface area (Å²) in [7, 11) is 0. The number of hydrogen-bond donors (Lipinski definition) is 2. The fourth-order valence-electron chi connectivity index (χ4n) is 1.87. The van der Waals surface area contributed by atoms with Gasteiger partial charge in [0, 0.05) is 18.2 Å². The van der Waals surface area contributed by atoms with Gasteiger partial charge < -0.3 is 10.4 Å². The second-order valence-electron chi connectivity index (χ2n) is 4.66. The van der Waals surface area contributed by atoms with Crippen molar-refractivity contribution in [2.24, 2.45) is 0 Å². The number of nitrogens with zero attached hydrogens (tertiary/aromatic N) is 3. The topological polar surface area (TPSA) is 179 Å². The highest BCUT2D eigenvalue weighted by atomic mass is 16.6. The van der Waals surface area contributed by atoms with Gasteiger partial charge in [-0.15, -0.1) is 0 Å². The molecule has 0 atom stereocenters. The number of nitro groups is 3. The summed E-state index contributed by atoms with van der Waals surface area (Å²) < 4.78 is 0.